The van der Waals surface area contributed by atoms with Gasteiger partial charge in [0.25, 0.3) is 0 Å². The highest BCUT2D eigenvalue weighted by atomic mass is 32.2. The number of ether oxygens (including phenoxy) is 1. The molecule has 1 heterocycles. The molecule has 6 heteroatoms. The highest BCUT2D eigenvalue weighted by molar-refractivity contribution is 7.91. The first kappa shape index (κ1) is 14.3. The maximum atomic E-state index is 12.0. The largest absolute Gasteiger partial charge is 0.382 e. The number of anilines is 1. The summed E-state index contributed by atoms with van der Waals surface area (Å²) in [7, 11) is -3.20. The molecule has 1 fully saturated rings. The van der Waals surface area contributed by atoms with Gasteiger partial charge >= 0.3 is 0 Å². The second-order valence-corrected chi connectivity index (χ2v) is 6.75. The normalized spacial score (nSPS) is 20.2. The zero-order valence-corrected chi connectivity index (χ0v) is 11.9. The van der Waals surface area contributed by atoms with Gasteiger partial charge in [0.05, 0.1) is 29.5 Å². The highest BCUT2D eigenvalue weighted by Crippen LogP contribution is 2.21. The molecule has 0 aliphatic carbocycles. The summed E-state index contributed by atoms with van der Waals surface area (Å²) < 4.78 is 29.4. The molecule has 0 bridgehead atoms. The number of rotatable bonds is 5. The number of hydrogen-bond acceptors (Lipinski definition) is 5. The fourth-order valence-corrected chi connectivity index (χ4v) is 3.10. The van der Waals surface area contributed by atoms with E-state index in [2.05, 4.69) is 10.6 Å². The van der Waals surface area contributed by atoms with Crippen LogP contribution in [0.2, 0.25) is 0 Å². The summed E-state index contributed by atoms with van der Waals surface area (Å²) >= 11 is 0. The van der Waals surface area contributed by atoms with E-state index in [1.165, 1.54) is 0 Å². The van der Waals surface area contributed by atoms with E-state index in [4.69, 9.17) is 4.74 Å². The third-order valence-corrected chi connectivity index (χ3v) is 4.93. The van der Waals surface area contributed by atoms with Gasteiger partial charge in [0.15, 0.2) is 9.84 Å². The van der Waals surface area contributed by atoms with E-state index in [-0.39, 0.29) is 11.8 Å². The molecule has 0 amide bonds. The van der Waals surface area contributed by atoms with Gasteiger partial charge in [0.1, 0.15) is 0 Å². The van der Waals surface area contributed by atoms with Crippen LogP contribution in [0.4, 0.5) is 5.69 Å². The van der Waals surface area contributed by atoms with Crippen LogP contribution < -0.4 is 10.6 Å². The van der Waals surface area contributed by atoms with Crippen molar-refractivity contribution in [3.05, 3.63) is 24.3 Å². The van der Waals surface area contributed by atoms with Gasteiger partial charge in [-0.15, -0.1) is 0 Å². The van der Waals surface area contributed by atoms with Gasteiger partial charge in [-0.1, -0.05) is 19.1 Å². The maximum absolute atomic E-state index is 12.0. The Kier molecular flexibility index (Phi) is 4.79. The van der Waals surface area contributed by atoms with Gasteiger partial charge in [-0.3, -0.25) is 0 Å². The third kappa shape index (κ3) is 3.68. The second-order valence-electron chi connectivity index (χ2n) is 4.51. The van der Waals surface area contributed by atoms with Gasteiger partial charge in [-0.05, 0) is 12.1 Å². The van der Waals surface area contributed by atoms with Crippen molar-refractivity contribution in [2.75, 3.05) is 37.4 Å². The zero-order chi connectivity index (χ0) is 13.7. The minimum Gasteiger partial charge on any atom is -0.382 e. The summed E-state index contributed by atoms with van der Waals surface area (Å²) in [6, 6.07) is 7.24. The molecule has 2 rings (SSSR count). The first-order valence-corrected chi connectivity index (χ1v) is 8.15. The molecule has 106 valence electrons. The lowest BCUT2D eigenvalue weighted by molar-refractivity contribution is 0.0806. The van der Waals surface area contributed by atoms with Crippen molar-refractivity contribution in [3.8, 4) is 0 Å². The average molecular weight is 284 g/mol. The molecule has 1 aliphatic rings. The number of hydrogen-bond donors (Lipinski definition) is 2. The summed E-state index contributed by atoms with van der Waals surface area (Å²) in [6.45, 7) is 4.52. The molecule has 1 atom stereocenters. The fraction of sp³-hybridized carbons (Fsp3) is 0.538. The highest BCUT2D eigenvalue weighted by Gasteiger charge is 2.17. The van der Waals surface area contributed by atoms with E-state index in [9.17, 15) is 8.42 Å². The molecule has 0 saturated carbocycles. The molecule has 0 aromatic heterocycles. The van der Waals surface area contributed by atoms with E-state index in [1.54, 1.807) is 25.1 Å². The van der Waals surface area contributed by atoms with Crippen LogP contribution in [-0.4, -0.2) is 46.5 Å². The molecule has 1 aliphatic heterocycles. The molecular weight excluding hydrogens is 264 g/mol. The molecule has 0 radical (unpaired) electrons. The topological polar surface area (TPSA) is 67.4 Å². The van der Waals surface area contributed by atoms with E-state index in [0.29, 0.717) is 23.7 Å². The lowest BCUT2D eigenvalue weighted by Gasteiger charge is -2.24. The van der Waals surface area contributed by atoms with Crippen molar-refractivity contribution in [1.82, 2.24) is 5.32 Å². The molecule has 1 aromatic rings. The Bertz CT molecular complexity index is 510. The van der Waals surface area contributed by atoms with Crippen LogP contribution in [-0.2, 0) is 14.6 Å². The van der Waals surface area contributed by atoms with Gasteiger partial charge in [-0.2, -0.15) is 0 Å². The molecule has 1 unspecified atom stereocenters. The summed E-state index contributed by atoms with van der Waals surface area (Å²) in [5, 5.41) is 6.53. The number of para-hydroxylation sites is 1. The van der Waals surface area contributed by atoms with Gasteiger partial charge in [0.2, 0.25) is 0 Å². The molecule has 19 heavy (non-hydrogen) atoms. The van der Waals surface area contributed by atoms with Crippen LogP contribution in [0.1, 0.15) is 6.92 Å². The predicted molar refractivity (Wildman–Crippen MR) is 75.3 cm³/mol. The minimum absolute atomic E-state index is 0.108. The van der Waals surface area contributed by atoms with E-state index in [1.807, 2.05) is 6.07 Å². The Morgan fingerprint density at radius 3 is 2.89 bits per heavy atom. The Hall–Kier alpha value is -1.11. The van der Waals surface area contributed by atoms with Crippen molar-refractivity contribution >= 4 is 15.5 Å². The lowest BCUT2D eigenvalue weighted by Crippen LogP contribution is -2.45. The van der Waals surface area contributed by atoms with Crippen LogP contribution in [0.25, 0.3) is 0 Å². The SMILES string of the molecule is CCS(=O)(=O)c1ccccc1NCC1COCCN1. The molecule has 1 aromatic carbocycles. The summed E-state index contributed by atoms with van der Waals surface area (Å²) in [5.74, 6) is 0.108. The van der Waals surface area contributed by atoms with Crippen molar-refractivity contribution in [2.45, 2.75) is 17.9 Å². The zero-order valence-electron chi connectivity index (χ0n) is 11.1. The van der Waals surface area contributed by atoms with Crippen molar-refractivity contribution in [3.63, 3.8) is 0 Å². The van der Waals surface area contributed by atoms with Gasteiger partial charge in [-0.25, -0.2) is 8.42 Å². The summed E-state index contributed by atoms with van der Waals surface area (Å²) in [6.07, 6.45) is 0. The molecule has 2 N–H and O–H groups in total. The average Bonchev–Trinajstić information content (AvgIpc) is 2.46. The van der Waals surface area contributed by atoms with Crippen molar-refractivity contribution in [2.24, 2.45) is 0 Å². The summed E-state index contributed by atoms with van der Waals surface area (Å²) in [5.41, 5.74) is 0.664. The van der Waals surface area contributed by atoms with E-state index < -0.39 is 9.84 Å². The first-order chi connectivity index (χ1) is 9.13. The van der Waals surface area contributed by atoms with Crippen LogP contribution in [0.3, 0.4) is 0 Å². The number of morpholine rings is 1. The quantitative estimate of drug-likeness (QED) is 0.840. The van der Waals surface area contributed by atoms with Crippen LogP contribution in [0.15, 0.2) is 29.2 Å². The van der Waals surface area contributed by atoms with Gasteiger partial charge in [0, 0.05) is 19.1 Å². The number of sulfone groups is 1. The first-order valence-electron chi connectivity index (χ1n) is 6.50. The predicted octanol–water partition coefficient (Wildman–Crippen LogP) is 0.880. The van der Waals surface area contributed by atoms with Crippen LogP contribution in [0, 0.1) is 0 Å². The van der Waals surface area contributed by atoms with Crippen molar-refractivity contribution < 1.29 is 13.2 Å². The standard InChI is InChI=1S/C13H20N2O3S/c1-2-19(16,17)13-6-4-3-5-12(13)15-9-11-10-18-8-7-14-11/h3-6,11,14-15H,2,7-10H2,1H3. The molecular formula is C13H20N2O3S. The van der Waals surface area contributed by atoms with Crippen LogP contribution >= 0.6 is 0 Å². The monoisotopic (exact) mass is 284 g/mol. The number of nitrogens with one attached hydrogen (secondary N) is 2. The molecule has 5 nitrogen and oxygen atoms in total. The Morgan fingerprint density at radius 1 is 1.42 bits per heavy atom. The Labute approximate surface area is 114 Å². The fourth-order valence-electron chi connectivity index (χ4n) is 2.02. The third-order valence-electron chi connectivity index (χ3n) is 3.14. The minimum atomic E-state index is -3.20. The lowest BCUT2D eigenvalue weighted by atomic mass is 10.2. The van der Waals surface area contributed by atoms with Crippen LogP contribution in [0.5, 0.6) is 0 Å². The number of benzene rings is 1. The molecule has 0 spiro atoms. The molecule has 1 saturated heterocycles. The van der Waals surface area contributed by atoms with E-state index in [0.717, 1.165) is 13.2 Å². The van der Waals surface area contributed by atoms with E-state index >= 15 is 0 Å². The second kappa shape index (κ2) is 6.36. The Morgan fingerprint density at radius 2 is 2.21 bits per heavy atom. The van der Waals surface area contributed by atoms with Gasteiger partial charge < -0.3 is 15.4 Å². The Balaban J connectivity index is 2.07. The smallest absolute Gasteiger partial charge is 0.180 e. The van der Waals surface area contributed by atoms with Crippen molar-refractivity contribution in [1.29, 1.82) is 0 Å². The maximum Gasteiger partial charge on any atom is 0.180 e. The summed E-state index contributed by atoms with van der Waals surface area (Å²) in [4.78, 5) is 0.370.